The molecule has 3 heterocycles. The number of rotatable bonds is 6. The number of oxime groups is 1. The molecule has 0 radical (unpaired) electrons. The van der Waals surface area contributed by atoms with Crippen LogP contribution in [0.5, 0.6) is 0 Å². The van der Waals surface area contributed by atoms with E-state index in [0.29, 0.717) is 32.6 Å². The molecular formula is C20H16ClFN4O2S. The molecular weight excluding hydrogens is 415 g/mol. The molecule has 0 aliphatic carbocycles. The average Bonchev–Trinajstić information content (AvgIpc) is 3.36. The number of aromatic nitrogens is 1. The molecule has 6 nitrogen and oxygen atoms in total. The summed E-state index contributed by atoms with van der Waals surface area (Å²) < 4.78 is 15.2. The number of anilines is 2. The number of nitrogens with zero attached hydrogens (tertiary/aromatic N) is 2. The second-order valence-corrected chi connectivity index (χ2v) is 8.05. The van der Waals surface area contributed by atoms with Crippen molar-refractivity contribution in [3.8, 4) is 0 Å². The van der Waals surface area contributed by atoms with Gasteiger partial charge in [-0.15, -0.1) is 11.3 Å². The number of nitrogens with one attached hydrogen (secondary N) is 2. The van der Waals surface area contributed by atoms with E-state index in [4.69, 9.17) is 16.4 Å². The highest BCUT2D eigenvalue weighted by Gasteiger charge is 2.25. The number of pyridine rings is 1. The van der Waals surface area contributed by atoms with E-state index in [2.05, 4.69) is 20.8 Å². The molecule has 29 heavy (non-hydrogen) atoms. The lowest BCUT2D eigenvalue weighted by atomic mass is 10.0. The fourth-order valence-electron chi connectivity index (χ4n) is 2.86. The minimum Gasteiger partial charge on any atom is -0.390 e. The van der Waals surface area contributed by atoms with Crippen molar-refractivity contribution in [2.45, 2.75) is 12.5 Å². The zero-order valence-electron chi connectivity index (χ0n) is 15.1. The third-order valence-corrected chi connectivity index (χ3v) is 5.50. The van der Waals surface area contributed by atoms with Crippen molar-refractivity contribution in [2.24, 2.45) is 5.16 Å². The van der Waals surface area contributed by atoms with E-state index in [0.717, 1.165) is 5.69 Å². The molecule has 148 valence electrons. The third kappa shape index (κ3) is 4.72. The highest BCUT2D eigenvalue weighted by Crippen LogP contribution is 2.24. The Morgan fingerprint density at radius 3 is 2.76 bits per heavy atom. The largest absolute Gasteiger partial charge is 0.390 e. The maximum atomic E-state index is 14.6. The van der Waals surface area contributed by atoms with Crippen LogP contribution in [0.15, 0.2) is 60.0 Å². The highest BCUT2D eigenvalue weighted by atomic mass is 35.5. The van der Waals surface area contributed by atoms with Gasteiger partial charge in [0.25, 0.3) is 5.91 Å². The molecule has 3 aromatic rings. The first-order chi connectivity index (χ1) is 14.1. The maximum absolute atomic E-state index is 14.6. The Balaban J connectivity index is 1.34. The van der Waals surface area contributed by atoms with Gasteiger partial charge in [-0.1, -0.05) is 16.8 Å². The van der Waals surface area contributed by atoms with Gasteiger partial charge in [-0.25, -0.2) is 4.39 Å². The Labute approximate surface area is 175 Å². The van der Waals surface area contributed by atoms with E-state index in [9.17, 15) is 9.18 Å². The normalized spacial score (nSPS) is 15.5. The molecule has 4 rings (SSSR count). The van der Waals surface area contributed by atoms with Crippen LogP contribution in [0.2, 0.25) is 4.34 Å². The maximum Gasteiger partial charge on any atom is 0.261 e. The Morgan fingerprint density at radius 1 is 1.21 bits per heavy atom. The van der Waals surface area contributed by atoms with Crippen molar-refractivity contribution >= 4 is 45.9 Å². The van der Waals surface area contributed by atoms with Gasteiger partial charge in [0.05, 0.1) is 21.5 Å². The van der Waals surface area contributed by atoms with Crippen LogP contribution in [-0.2, 0) is 4.84 Å². The third-order valence-electron chi connectivity index (χ3n) is 4.27. The second-order valence-electron chi connectivity index (χ2n) is 6.34. The molecule has 9 heteroatoms. The summed E-state index contributed by atoms with van der Waals surface area (Å²) in [5, 5.41) is 9.89. The van der Waals surface area contributed by atoms with E-state index in [1.165, 1.54) is 17.4 Å². The second kappa shape index (κ2) is 8.59. The molecule has 0 saturated carbocycles. The summed E-state index contributed by atoms with van der Waals surface area (Å²) in [5.41, 5.74) is 2.33. The molecule has 0 saturated heterocycles. The summed E-state index contributed by atoms with van der Waals surface area (Å²) >= 11 is 7.05. The fourth-order valence-corrected chi connectivity index (χ4v) is 3.82. The van der Waals surface area contributed by atoms with Gasteiger partial charge in [0.2, 0.25) is 0 Å². The van der Waals surface area contributed by atoms with Gasteiger partial charge in [-0.05, 0) is 42.5 Å². The van der Waals surface area contributed by atoms with Crippen LogP contribution >= 0.6 is 22.9 Å². The molecule has 1 aromatic carbocycles. The van der Waals surface area contributed by atoms with E-state index in [1.54, 1.807) is 48.8 Å². The Bertz CT molecular complexity index is 1060. The molecule has 0 bridgehead atoms. The summed E-state index contributed by atoms with van der Waals surface area (Å²) in [4.78, 5) is 21.9. The smallest absolute Gasteiger partial charge is 0.261 e. The van der Waals surface area contributed by atoms with Crippen molar-refractivity contribution in [1.29, 1.82) is 0 Å². The van der Waals surface area contributed by atoms with Crippen LogP contribution in [-0.4, -0.2) is 29.3 Å². The fraction of sp³-hybridized carbons (Fsp3) is 0.150. The Morgan fingerprint density at radius 2 is 2.03 bits per heavy atom. The van der Waals surface area contributed by atoms with Gasteiger partial charge in [0, 0.05) is 35.8 Å². The first kappa shape index (κ1) is 19.4. The van der Waals surface area contributed by atoms with Crippen LogP contribution in [0, 0.1) is 5.82 Å². The molecule has 2 aromatic heterocycles. The van der Waals surface area contributed by atoms with Crippen LogP contribution in [0.1, 0.15) is 21.7 Å². The number of benzene rings is 1. The van der Waals surface area contributed by atoms with Gasteiger partial charge in [-0.3, -0.25) is 9.78 Å². The molecule has 1 atom stereocenters. The first-order valence-corrected chi connectivity index (χ1v) is 10.0. The number of halogens is 2. The van der Waals surface area contributed by atoms with Crippen molar-refractivity contribution in [1.82, 2.24) is 10.3 Å². The zero-order chi connectivity index (χ0) is 20.2. The van der Waals surface area contributed by atoms with E-state index >= 15 is 0 Å². The predicted molar refractivity (Wildman–Crippen MR) is 112 cm³/mol. The molecule has 1 aliphatic heterocycles. The van der Waals surface area contributed by atoms with Crippen molar-refractivity contribution < 1.29 is 14.0 Å². The SMILES string of the molecule is O=C(NCC1CC(c2ccc(Nc3ccncc3)cc2F)=NO1)c1ccc(Cl)s1. The summed E-state index contributed by atoms with van der Waals surface area (Å²) in [6.07, 6.45) is 3.37. The minimum atomic E-state index is -0.399. The lowest BCUT2D eigenvalue weighted by Gasteiger charge is -2.10. The lowest BCUT2D eigenvalue weighted by molar-refractivity contribution is 0.0755. The quantitative estimate of drug-likeness (QED) is 0.599. The first-order valence-electron chi connectivity index (χ1n) is 8.81. The molecule has 0 fully saturated rings. The zero-order valence-corrected chi connectivity index (χ0v) is 16.6. The van der Waals surface area contributed by atoms with Crippen LogP contribution in [0.3, 0.4) is 0 Å². The predicted octanol–water partition coefficient (Wildman–Crippen LogP) is 4.60. The number of carbonyl (C=O) groups is 1. The molecule has 1 unspecified atom stereocenters. The van der Waals surface area contributed by atoms with Gasteiger partial charge >= 0.3 is 0 Å². The van der Waals surface area contributed by atoms with Gasteiger partial charge in [0.15, 0.2) is 0 Å². The summed E-state index contributed by atoms with van der Waals surface area (Å²) in [6, 6.07) is 11.8. The number of thiophene rings is 1. The molecule has 1 aliphatic rings. The summed E-state index contributed by atoms with van der Waals surface area (Å²) in [6.45, 7) is 0.269. The van der Waals surface area contributed by atoms with E-state index in [1.807, 2.05) is 0 Å². The molecule has 2 N–H and O–H groups in total. The van der Waals surface area contributed by atoms with Crippen molar-refractivity contribution in [2.75, 3.05) is 11.9 Å². The number of hydrogen-bond donors (Lipinski definition) is 2. The summed E-state index contributed by atoms with van der Waals surface area (Å²) in [5.74, 6) is -0.624. The number of amides is 1. The average molecular weight is 431 g/mol. The highest BCUT2D eigenvalue weighted by molar-refractivity contribution is 7.18. The molecule has 0 spiro atoms. The molecule has 1 amide bonds. The van der Waals surface area contributed by atoms with Crippen LogP contribution in [0.25, 0.3) is 0 Å². The Kier molecular flexibility index (Phi) is 5.73. The van der Waals surface area contributed by atoms with Gasteiger partial charge < -0.3 is 15.5 Å². The Hall–Kier alpha value is -2.97. The lowest BCUT2D eigenvalue weighted by Crippen LogP contribution is -2.31. The van der Waals surface area contributed by atoms with Gasteiger partial charge in [0.1, 0.15) is 11.9 Å². The van der Waals surface area contributed by atoms with Crippen LogP contribution in [0.4, 0.5) is 15.8 Å². The van der Waals surface area contributed by atoms with Crippen LogP contribution < -0.4 is 10.6 Å². The number of hydrogen-bond acceptors (Lipinski definition) is 6. The monoisotopic (exact) mass is 430 g/mol. The van der Waals surface area contributed by atoms with Gasteiger partial charge in [-0.2, -0.15) is 0 Å². The topological polar surface area (TPSA) is 75.6 Å². The van der Waals surface area contributed by atoms with E-state index in [-0.39, 0.29) is 18.6 Å². The van der Waals surface area contributed by atoms with E-state index < -0.39 is 5.82 Å². The summed E-state index contributed by atoms with van der Waals surface area (Å²) in [7, 11) is 0. The number of carbonyl (C=O) groups excluding carboxylic acids is 1. The standard InChI is InChI=1S/C20H16ClFN4O2S/c21-19-4-3-18(29-19)20(27)24-11-14-10-17(26-28-14)15-2-1-13(9-16(15)22)25-12-5-7-23-8-6-12/h1-9,14H,10-11H2,(H,23,25)(H,24,27). The van der Waals surface area contributed by atoms with Crippen molar-refractivity contribution in [3.63, 3.8) is 0 Å². The van der Waals surface area contributed by atoms with Crippen molar-refractivity contribution in [3.05, 3.63) is 75.5 Å². The minimum absolute atomic E-state index is 0.225.